The van der Waals surface area contributed by atoms with Crippen molar-refractivity contribution in [2.45, 2.75) is 0 Å². The van der Waals surface area contributed by atoms with Gasteiger partial charge in [0.15, 0.2) is 40.3 Å². The number of hydrogen-bond acceptors (Lipinski definition) is 8. The van der Waals surface area contributed by atoms with Crippen LogP contribution in [-0.4, -0.2) is 25.4 Å². The number of oxazole rings is 1. The molecule has 158 valence electrons. The standard InChI is InChI=1S/C24H15NO7/c1-4-16-19(29-10-26-16)7-13(1)22-23(14-2-5-17-20(8-14)30-11-27-17)32-24(25-22)15-3-6-18-21(9-15)31-12-28-18/h1-9H,10-12H2. The minimum Gasteiger partial charge on any atom is -0.454 e. The first-order chi connectivity index (χ1) is 15.8. The van der Waals surface area contributed by atoms with E-state index in [9.17, 15) is 0 Å². The molecule has 1 aromatic heterocycles. The summed E-state index contributed by atoms with van der Waals surface area (Å²) in [5.41, 5.74) is 3.12. The Hall–Kier alpha value is -4.33. The van der Waals surface area contributed by atoms with Crippen molar-refractivity contribution >= 4 is 0 Å². The summed E-state index contributed by atoms with van der Waals surface area (Å²) in [5, 5.41) is 0. The van der Waals surface area contributed by atoms with Crippen LogP contribution in [0.1, 0.15) is 0 Å². The van der Waals surface area contributed by atoms with Gasteiger partial charge in [-0.05, 0) is 54.6 Å². The predicted molar refractivity (Wildman–Crippen MR) is 111 cm³/mol. The Morgan fingerprint density at radius 3 is 1.59 bits per heavy atom. The minimum atomic E-state index is 0.201. The molecule has 0 spiro atoms. The number of benzene rings is 3. The van der Waals surface area contributed by atoms with E-state index in [0.29, 0.717) is 51.8 Å². The van der Waals surface area contributed by atoms with Crippen LogP contribution in [0.4, 0.5) is 0 Å². The zero-order chi connectivity index (χ0) is 21.1. The third-order valence-corrected chi connectivity index (χ3v) is 5.53. The van der Waals surface area contributed by atoms with Gasteiger partial charge < -0.3 is 32.8 Å². The second kappa shape index (κ2) is 6.58. The first kappa shape index (κ1) is 17.4. The summed E-state index contributed by atoms with van der Waals surface area (Å²) in [4.78, 5) is 4.84. The van der Waals surface area contributed by atoms with Crippen LogP contribution in [0, 0.1) is 0 Å². The molecule has 0 saturated heterocycles. The van der Waals surface area contributed by atoms with E-state index in [1.54, 1.807) is 0 Å². The molecule has 3 aromatic carbocycles. The molecule has 3 aliphatic rings. The Morgan fingerprint density at radius 1 is 0.500 bits per heavy atom. The molecule has 8 nitrogen and oxygen atoms in total. The van der Waals surface area contributed by atoms with Gasteiger partial charge in [-0.1, -0.05) is 0 Å². The van der Waals surface area contributed by atoms with Crippen LogP contribution in [0.2, 0.25) is 0 Å². The van der Waals surface area contributed by atoms with E-state index in [-0.39, 0.29) is 20.4 Å². The van der Waals surface area contributed by atoms with Crippen LogP contribution >= 0.6 is 0 Å². The normalized spacial score (nSPS) is 14.8. The monoisotopic (exact) mass is 429 g/mol. The highest BCUT2D eigenvalue weighted by Crippen LogP contribution is 2.44. The molecule has 3 aliphatic heterocycles. The maximum atomic E-state index is 6.30. The Balaban J connectivity index is 1.39. The Kier molecular flexibility index (Phi) is 3.57. The molecule has 8 heteroatoms. The molecule has 0 radical (unpaired) electrons. The number of fused-ring (bicyclic) bond motifs is 3. The number of rotatable bonds is 3. The third kappa shape index (κ3) is 2.66. The lowest BCUT2D eigenvalue weighted by Crippen LogP contribution is -1.92. The fourth-order valence-corrected chi connectivity index (χ4v) is 3.95. The second-order valence-electron chi connectivity index (χ2n) is 7.40. The van der Waals surface area contributed by atoms with Crippen molar-refractivity contribution in [3.63, 3.8) is 0 Å². The highest BCUT2D eigenvalue weighted by atomic mass is 16.7. The Labute approximate surface area is 181 Å². The van der Waals surface area contributed by atoms with Crippen molar-refractivity contribution < 1.29 is 32.8 Å². The predicted octanol–water partition coefficient (Wildman–Crippen LogP) is 4.86. The minimum absolute atomic E-state index is 0.201. The maximum Gasteiger partial charge on any atom is 0.231 e. The number of hydrogen-bond donors (Lipinski definition) is 0. The van der Waals surface area contributed by atoms with Crippen LogP contribution in [0.25, 0.3) is 34.0 Å². The van der Waals surface area contributed by atoms with E-state index in [1.807, 2.05) is 54.6 Å². The number of ether oxygens (including phenoxy) is 6. The molecule has 0 unspecified atom stereocenters. The highest BCUT2D eigenvalue weighted by molar-refractivity contribution is 5.81. The fraction of sp³-hybridized carbons (Fsp3) is 0.125. The van der Waals surface area contributed by atoms with Crippen LogP contribution < -0.4 is 28.4 Å². The molecule has 0 aliphatic carbocycles. The van der Waals surface area contributed by atoms with Crippen LogP contribution in [0.5, 0.6) is 34.5 Å². The van der Waals surface area contributed by atoms with Crippen molar-refractivity contribution in [1.29, 1.82) is 0 Å². The Morgan fingerprint density at radius 2 is 0.969 bits per heavy atom. The van der Waals surface area contributed by atoms with Gasteiger partial charge in [-0.15, -0.1) is 0 Å². The number of nitrogens with zero attached hydrogens (tertiary/aromatic N) is 1. The van der Waals surface area contributed by atoms with Gasteiger partial charge in [0.25, 0.3) is 0 Å². The zero-order valence-electron chi connectivity index (χ0n) is 16.6. The average molecular weight is 429 g/mol. The molecule has 0 bridgehead atoms. The zero-order valence-corrected chi connectivity index (χ0v) is 16.6. The van der Waals surface area contributed by atoms with Gasteiger partial charge in [-0.25, -0.2) is 4.98 Å². The first-order valence-corrected chi connectivity index (χ1v) is 10.0. The van der Waals surface area contributed by atoms with Gasteiger partial charge in [0.1, 0.15) is 5.69 Å². The first-order valence-electron chi connectivity index (χ1n) is 10.0. The molecular weight excluding hydrogens is 414 g/mol. The summed E-state index contributed by atoms with van der Waals surface area (Å²) in [6.07, 6.45) is 0. The van der Waals surface area contributed by atoms with Crippen molar-refractivity contribution in [3.8, 4) is 68.5 Å². The van der Waals surface area contributed by atoms with Gasteiger partial charge in [0, 0.05) is 16.7 Å². The van der Waals surface area contributed by atoms with E-state index >= 15 is 0 Å². The summed E-state index contributed by atoms with van der Waals surface area (Å²) in [5.74, 6) is 5.18. The van der Waals surface area contributed by atoms with E-state index in [0.717, 1.165) is 16.7 Å². The van der Waals surface area contributed by atoms with Gasteiger partial charge >= 0.3 is 0 Å². The highest BCUT2D eigenvalue weighted by Gasteiger charge is 2.24. The SMILES string of the molecule is c1cc2c(cc1-c1nc(-c3ccc4c(c3)OCO4)c(-c3ccc4c(c3)OCO4)o1)OCO2. The average Bonchev–Trinajstić information content (AvgIpc) is 3.62. The lowest BCUT2D eigenvalue weighted by Gasteiger charge is -2.04. The molecule has 0 amide bonds. The molecule has 4 aromatic rings. The maximum absolute atomic E-state index is 6.30. The van der Waals surface area contributed by atoms with Gasteiger partial charge in [0.05, 0.1) is 0 Å². The van der Waals surface area contributed by atoms with Gasteiger partial charge in [-0.2, -0.15) is 0 Å². The van der Waals surface area contributed by atoms with Gasteiger partial charge in [0.2, 0.25) is 26.3 Å². The summed E-state index contributed by atoms with van der Waals surface area (Å²) in [6, 6.07) is 17.0. The summed E-state index contributed by atoms with van der Waals surface area (Å²) in [7, 11) is 0. The molecule has 7 rings (SSSR count). The molecule has 0 saturated carbocycles. The van der Waals surface area contributed by atoms with E-state index < -0.39 is 0 Å². The lowest BCUT2D eigenvalue weighted by atomic mass is 10.0. The fourth-order valence-electron chi connectivity index (χ4n) is 3.95. The quantitative estimate of drug-likeness (QED) is 0.457. The van der Waals surface area contributed by atoms with E-state index in [4.69, 9.17) is 37.8 Å². The van der Waals surface area contributed by atoms with Crippen molar-refractivity contribution in [2.24, 2.45) is 0 Å². The summed E-state index contributed by atoms with van der Waals surface area (Å²) < 4.78 is 39.3. The molecular formula is C24H15NO7. The third-order valence-electron chi connectivity index (χ3n) is 5.53. The smallest absolute Gasteiger partial charge is 0.231 e. The van der Waals surface area contributed by atoms with Crippen molar-refractivity contribution in [3.05, 3.63) is 54.6 Å². The number of aromatic nitrogens is 1. The summed E-state index contributed by atoms with van der Waals surface area (Å²) >= 11 is 0. The van der Waals surface area contributed by atoms with Crippen molar-refractivity contribution in [2.75, 3.05) is 20.4 Å². The van der Waals surface area contributed by atoms with Crippen LogP contribution in [0.15, 0.2) is 59.0 Å². The van der Waals surface area contributed by atoms with Crippen LogP contribution in [-0.2, 0) is 0 Å². The molecule has 0 atom stereocenters. The second-order valence-corrected chi connectivity index (χ2v) is 7.40. The van der Waals surface area contributed by atoms with Crippen LogP contribution in [0.3, 0.4) is 0 Å². The van der Waals surface area contributed by atoms with Gasteiger partial charge in [-0.3, -0.25) is 0 Å². The molecule has 0 N–H and O–H groups in total. The lowest BCUT2D eigenvalue weighted by molar-refractivity contribution is 0.173. The largest absolute Gasteiger partial charge is 0.454 e. The topological polar surface area (TPSA) is 81.4 Å². The van der Waals surface area contributed by atoms with Crippen molar-refractivity contribution in [1.82, 2.24) is 4.98 Å². The molecule has 4 heterocycles. The molecule has 32 heavy (non-hydrogen) atoms. The Bertz CT molecular complexity index is 1300. The van der Waals surface area contributed by atoms with E-state index in [1.165, 1.54) is 0 Å². The molecule has 0 fully saturated rings. The summed E-state index contributed by atoms with van der Waals surface area (Å²) in [6.45, 7) is 0.608. The van der Waals surface area contributed by atoms with E-state index in [2.05, 4.69) is 0 Å².